The molecule has 54 heavy (non-hydrogen) atoms. The molecule has 0 radical (unpaired) electrons. The minimum atomic E-state index is -1.80. The van der Waals surface area contributed by atoms with Gasteiger partial charge in [-0.2, -0.15) is 0 Å². The molecule has 5 heterocycles. The summed E-state index contributed by atoms with van der Waals surface area (Å²) in [5.74, 6) is -4.65. The van der Waals surface area contributed by atoms with Crippen molar-refractivity contribution in [3.63, 3.8) is 0 Å². The van der Waals surface area contributed by atoms with E-state index in [-0.39, 0.29) is 37.2 Å². The highest BCUT2D eigenvalue weighted by atomic mass is 16.8. The van der Waals surface area contributed by atoms with Gasteiger partial charge in [-0.1, -0.05) is 27.7 Å². The van der Waals surface area contributed by atoms with Crippen molar-refractivity contribution in [1.29, 1.82) is 0 Å². The summed E-state index contributed by atoms with van der Waals surface area (Å²) < 4.78 is 54.1. The molecule has 0 bridgehead atoms. The number of likely N-dealkylation sites (N-methyl/N-ethyl adjacent to an activating group) is 1. The second kappa shape index (κ2) is 15.7. The van der Waals surface area contributed by atoms with Crippen molar-refractivity contribution in [3.8, 4) is 0 Å². The Balaban J connectivity index is 1.59. The Kier molecular flexibility index (Phi) is 12.4. The van der Waals surface area contributed by atoms with Crippen LogP contribution >= 0.6 is 0 Å². The number of Topliss-reactive ketones (excluding diaryl/α,β-unsaturated/α-hetero) is 1. The first kappa shape index (κ1) is 42.5. The van der Waals surface area contributed by atoms with Crippen LogP contribution in [0.2, 0.25) is 0 Å². The van der Waals surface area contributed by atoms with Crippen LogP contribution in [0.1, 0.15) is 94.9 Å². The van der Waals surface area contributed by atoms with Gasteiger partial charge in [-0.3, -0.25) is 9.59 Å². The third-order valence-corrected chi connectivity index (χ3v) is 12.3. The van der Waals surface area contributed by atoms with Gasteiger partial charge in [0.15, 0.2) is 36.0 Å². The molecule has 5 aliphatic rings. The predicted molar refractivity (Wildman–Crippen MR) is 188 cm³/mol. The van der Waals surface area contributed by atoms with Gasteiger partial charge in [0, 0.05) is 24.3 Å². The number of aliphatic hydroxyl groups excluding tert-OH is 1. The smallest absolute Gasteiger partial charge is 0.458 e. The molecule has 308 valence electrons. The summed E-state index contributed by atoms with van der Waals surface area (Å²) >= 11 is 0. The number of ketones is 1. The Morgan fingerprint density at radius 2 is 1.46 bits per heavy atom. The van der Waals surface area contributed by atoms with Crippen LogP contribution in [0.25, 0.3) is 0 Å². The third-order valence-electron chi connectivity index (χ3n) is 12.3. The van der Waals surface area contributed by atoms with Gasteiger partial charge < -0.3 is 57.7 Å². The summed E-state index contributed by atoms with van der Waals surface area (Å²) in [7, 11) is 3.69. The zero-order valence-corrected chi connectivity index (χ0v) is 33.6. The van der Waals surface area contributed by atoms with Crippen LogP contribution < -0.4 is 0 Å². The molecule has 2 N–H and O–H groups in total. The summed E-state index contributed by atoms with van der Waals surface area (Å²) in [6.07, 6.45) is -10.6. The lowest BCUT2D eigenvalue weighted by Crippen LogP contribution is -2.60. The number of nitrogens with zero attached hydrogens (tertiary/aromatic N) is 1. The molecule has 0 aromatic heterocycles. The van der Waals surface area contributed by atoms with Gasteiger partial charge in [-0.05, 0) is 74.9 Å². The van der Waals surface area contributed by atoms with E-state index in [9.17, 15) is 29.4 Å². The molecule has 5 fully saturated rings. The second-order valence-electron chi connectivity index (χ2n) is 17.1. The van der Waals surface area contributed by atoms with Crippen molar-refractivity contribution in [2.45, 2.75) is 179 Å². The molecule has 0 spiro atoms. The number of esters is 1. The van der Waals surface area contributed by atoms with E-state index in [0.717, 1.165) is 0 Å². The Labute approximate surface area is 317 Å². The van der Waals surface area contributed by atoms with E-state index in [4.69, 9.17) is 42.6 Å². The van der Waals surface area contributed by atoms with Crippen molar-refractivity contribution in [2.24, 2.45) is 23.7 Å². The maximum atomic E-state index is 14.3. The minimum absolute atomic E-state index is 0.0567. The van der Waals surface area contributed by atoms with E-state index in [0.29, 0.717) is 6.42 Å². The lowest BCUT2D eigenvalue weighted by Gasteiger charge is -2.48. The lowest BCUT2D eigenvalue weighted by molar-refractivity contribution is -0.311. The van der Waals surface area contributed by atoms with Crippen LogP contribution in [0.4, 0.5) is 9.59 Å². The number of hydrogen-bond acceptors (Lipinski definition) is 16. The Morgan fingerprint density at radius 1 is 0.833 bits per heavy atom. The number of ether oxygens (including phenoxy) is 9. The summed E-state index contributed by atoms with van der Waals surface area (Å²) in [6.45, 7) is 16.9. The predicted octanol–water partition coefficient (Wildman–Crippen LogP) is 3.50. The topological polar surface area (TPSA) is 195 Å². The zero-order valence-electron chi connectivity index (χ0n) is 33.6. The van der Waals surface area contributed by atoms with Gasteiger partial charge in [0.05, 0.1) is 41.9 Å². The summed E-state index contributed by atoms with van der Waals surface area (Å²) in [6, 6.07) is -0.335. The molecular formula is C38H61NO15. The fourth-order valence-corrected chi connectivity index (χ4v) is 9.45. The fraction of sp³-hybridized carbons (Fsp3) is 0.895. The molecule has 1 unspecified atom stereocenters. The Morgan fingerprint density at radius 3 is 2.09 bits per heavy atom. The van der Waals surface area contributed by atoms with Gasteiger partial charge in [0.2, 0.25) is 0 Å². The number of aliphatic hydroxyl groups is 2. The number of rotatable bonds is 6. The van der Waals surface area contributed by atoms with Gasteiger partial charge in [0.1, 0.15) is 18.0 Å². The summed E-state index contributed by atoms with van der Waals surface area (Å²) in [5.41, 5.74) is -4.41. The second-order valence-corrected chi connectivity index (χ2v) is 17.1. The Bertz CT molecular complexity index is 1410. The highest BCUT2D eigenvalue weighted by Crippen LogP contribution is 2.44. The molecule has 16 heteroatoms. The lowest BCUT2D eigenvalue weighted by atomic mass is 9.74. The first-order valence-electron chi connectivity index (χ1n) is 19.2. The van der Waals surface area contributed by atoms with E-state index < -0.39 is 114 Å². The van der Waals surface area contributed by atoms with Crippen molar-refractivity contribution >= 4 is 24.1 Å². The van der Waals surface area contributed by atoms with E-state index in [1.54, 1.807) is 55.4 Å². The van der Waals surface area contributed by atoms with Gasteiger partial charge in [-0.25, -0.2) is 9.59 Å². The first-order chi connectivity index (χ1) is 25.0. The van der Waals surface area contributed by atoms with Crippen LogP contribution in [0, 0.1) is 23.7 Å². The van der Waals surface area contributed by atoms with Crippen LogP contribution in [-0.2, 0) is 52.2 Å². The first-order valence-corrected chi connectivity index (χ1v) is 19.2. The zero-order chi connectivity index (χ0) is 40.2. The van der Waals surface area contributed by atoms with Gasteiger partial charge in [0.25, 0.3) is 0 Å². The molecule has 0 amide bonds. The molecule has 16 nitrogen and oxygen atoms in total. The van der Waals surface area contributed by atoms with E-state index in [2.05, 4.69) is 0 Å². The Hall–Kier alpha value is -2.60. The van der Waals surface area contributed by atoms with Crippen LogP contribution in [0.15, 0.2) is 0 Å². The highest BCUT2D eigenvalue weighted by Gasteiger charge is 2.60. The summed E-state index contributed by atoms with van der Waals surface area (Å²) in [5, 5.41) is 24.0. The minimum Gasteiger partial charge on any atom is -0.458 e. The maximum absolute atomic E-state index is 14.3. The monoisotopic (exact) mass is 771 g/mol. The van der Waals surface area contributed by atoms with E-state index >= 15 is 0 Å². The molecule has 0 aliphatic carbocycles. The van der Waals surface area contributed by atoms with Crippen LogP contribution in [0.3, 0.4) is 0 Å². The van der Waals surface area contributed by atoms with Crippen molar-refractivity contribution in [1.82, 2.24) is 4.90 Å². The normalized spacial score (nSPS) is 49.1. The average molecular weight is 772 g/mol. The van der Waals surface area contributed by atoms with Crippen LogP contribution in [-0.4, -0.2) is 138 Å². The summed E-state index contributed by atoms with van der Waals surface area (Å²) in [4.78, 5) is 55.2. The fourth-order valence-electron chi connectivity index (χ4n) is 9.45. The van der Waals surface area contributed by atoms with Crippen molar-refractivity contribution < 1.29 is 72.0 Å². The van der Waals surface area contributed by atoms with Gasteiger partial charge >= 0.3 is 18.3 Å². The number of hydrogen-bond donors (Lipinski definition) is 2. The quantitative estimate of drug-likeness (QED) is 0.294. The number of cyclic esters (lactones) is 1. The molecule has 18 atom stereocenters. The molecule has 5 rings (SSSR count). The molecular weight excluding hydrogens is 710 g/mol. The molecule has 0 aromatic rings. The van der Waals surface area contributed by atoms with Crippen LogP contribution in [0.5, 0.6) is 0 Å². The molecule has 0 saturated carbocycles. The van der Waals surface area contributed by atoms with E-state index in [1.165, 1.54) is 6.92 Å². The largest absolute Gasteiger partial charge is 0.509 e. The van der Waals surface area contributed by atoms with Crippen molar-refractivity contribution in [3.05, 3.63) is 0 Å². The van der Waals surface area contributed by atoms with E-state index in [1.807, 2.05) is 25.9 Å². The molecule has 5 saturated heterocycles. The maximum Gasteiger partial charge on any atom is 0.509 e. The average Bonchev–Trinajstić information content (AvgIpc) is 3.57. The number of carbonyl (C=O) groups is 4. The molecule has 0 aromatic carbocycles. The van der Waals surface area contributed by atoms with Gasteiger partial charge in [-0.15, -0.1) is 0 Å². The third kappa shape index (κ3) is 8.12. The molecule has 5 aliphatic heterocycles. The highest BCUT2D eigenvalue weighted by molar-refractivity contribution is 5.84. The number of fused-ring (bicyclic) bond motifs is 2. The standard InChI is InChI=1S/C38H61NO15/c1-13-24-38(10)30(51-35(44)54-38)19(4)26(40)17(2)15-36(8,45)29(50-33-27(41)23(39(11)12)14-18(3)46-33)20(5)28(21(6)32(42)48-24)49-25-16-37(9)31(22(7)47-25)52-34(43)53-37/h17-25,27-31,33,41,45H,13-16H2,1-12H3/t17-,18-,19+,20+,21-,22+,23+,24-,25+,27-,28+,29-,30-,31+,33+,36?,37-,38-/m1/s1. The van der Waals surface area contributed by atoms with Crippen molar-refractivity contribution in [2.75, 3.05) is 14.1 Å². The number of carbonyl (C=O) groups excluding carboxylic acids is 4. The SMILES string of the molecule is CC[C@H]1OC(=O)[C@H](C)[C@@H](O[C@H]2C[C@@]3(C)OC(=O)O[C@H]3[C@H](C)O2)[C@H](C)[C@@H](O[C@@H]2O[C@H](C)C[C@H](N(C)C)[C@H]2O)C(C)(O)C[C@@H](C)C(=O)[C@H](C)[C@H]2OC(=O)O[C@@]21C.